The largest absolute Gasteiger partial charge is 0.456 e. The molecule has 2 atom stereocenters. The van der Waals surface area contributed by atoms with Crippen molar-refractivity contribution in [2.24, 2.45) is 11.8 Å². The fraction of sp³-hybridized carbons (Fsp3) is 0.229. The van der Waals surface area contributed by atoms with Crippen LogP contribution in [0.1, 0.15) is 118 Å². The summed E-state index contributed by atoms with van der Waals surface area (Å²) in [6, 6.07) is 67.3. The van der Waals surface area contributed by atoms with Crippen LogP contribution in [0.5, 0.6) is 46.0 Å². The van der Waals surface area contributed by atoms with E-state index in [9.17, 15) is 0 Å². The van der Waals surface area contributed by atoms with E-state index in [2.05, 4.69) is 10.6 Å². The van der Waals surface area contributed by atoms with Crippen LogP contribution in [0.25, 0.3) is 87.6 Å². The maximum absolute atomic E-state index is 16.6. The molecule has 15 rings (SSSR count). The van der Waals surface area contributed by atoms with Crippen molar-refractivity contribution < 1.29 is 57.2 Å². The Morgan fingerprint density at radius 2 is 0.562 bits per heavy atom. The van der Waals surface area contributed by atoms with Crippen LogP contribution in [0.4, 0.5) is 0 Å². The molecule has 16 heteroatoms. The minimum Gasteiger partial charge on any atom is -0.456 e. The molecule has 0 saturated carbocycles. The van der Waals surface area contributed by atoms with Gasteiger partial charge in [0.25, 0.3) is 23.6 Å². The Hall–Kier alpha value is -12.5. The van der Waals surface area contributed by atoms with Crippen LogP contribution < -0.4 is 29.6 Å². The van der Waals surface area contributed by atoms with Gasteiger partial charge in [-0.3, -0.25) is 38.6 Å². The molecule has 2 heterocycles. The van der Waals surface area contributed by atoms with Gasteiger partial charge in [0.2, 0.25) is 11.8 Å². The van der Waals surface area contributed by atoms with E-state index in [0.717, 1.165) is 76.6 Å². The lowest BCUT2D eigenvalue weighted by Gasteiger charge is -2.36. The molecular formula is C96H88N4O12. The first-order chi connectivity index (χ1) is 54.3. The number of hydrogen-bond acceptors (Lipinski definition) is 12. The maximum Gasteiger partial charge on any atom is 0.262 e. The lowest BCUT2D eigenvalue weighted by atomic mass is 9.80. The van der Waals surface area contributed by atoms with Gasteiger partial charge in [-0.15, -0.1) is 0 Å². The minimum absolute atomic E-state index is 0.0318. The smallest absolute Gasteiger partial charge is 0.262 e. The number of aryl methyl sites for hydroxylation is 4. The molecule has 0 bridgehead atoms. The highest BCUT2D eigenvalue weighted by Gasteiger charge is 2.47. The second-order valence-electron chi connectivity index (χ2n) is 29.7. The second kappa shape index (κ2) is 31.8. The highest BCUT2D eigenvalue weighted by molar-refractivity contribution is 6.45. The number of carbonyl (C=O) groups excluding carboxylic acids is 6. The predicted octanol–water partition coefficient (Wildman–Crippen LogP) is 21.1. The average molecular weight is 1490 g/mol. The summed E-state index contributed by atoms with van der Waals surface area (Å²) >= 11 is 0. The number of imide groups is 2. The number of nitrogens with one attached hydrogen (secondary N) is 2. The number of amides is 6. The summed E-state index contributed by atoms with van der Waals surface area (Å²) in [5.41, 5.74) is 10.5. The zero-order valence-electron chi connectivity index (χ0n) is 64.5. The van der Waals surface area contributed by atoms with Crippen LogP contribution in [-0.2, 0) is 19.1 Å². The van der Waals surface area contributed by atoms with Crippen molar-refractivity contribution in [3.63, 3.8) is 0 Å². The minimum atomic E-state index is -1.31. The number of hydrogen-bond donors (Lipinski definition) is 2. The molecule has 0 aromatic heterocycles. The molecular weight excluding hydrogens is 1400 g/mol. The molecule has 2 aliphatic rings. The number of nitrogens with zero attached hydrogens (tertiary/aromatic N) is 2. The molecule has 2 N–H and O–H groups in total. The third kappa shape index (κ3) is 14.4. The van der Waals surface area contributed by atoms with E-state index >= 15 is 28.8 Å². The standard InChI is InChI=1S/C96H88N4O12/c1-11-107-43-41-97-91(101)73(45-55(3)4)99-93(103)69-51-79(109-75-37-33-65(47-57(75)7)61-25-17-13-18-26-61)85-87-81(111-77-39-35-67(49-59(77)9)63-29-21-15-22-30-63)53-71-84-72(96(106)100(95(71)105)74(46-56(5)6)92(102)98-42-44-108-12-2)54-82(112-78-40-36-68(50-60(78)10)64-31-23-16-24-32-64)88(90(84)87)86-80(52-70(94(99)104)83(69)89(85)86)110-76-38-34-66(48-58(76)8)62-27-19-14-20-28-62/h13-40,47-56,73-74H,11-12,41-46H2,1-10H3,(H,97,101)(H,98,102). The Kier molecular flexibility index (Phi) is 21.3. The third-order valence-corrected chi connectivity index (χ3v) is 21.1. The maximum atomic E-state index is 16.6. The number of carbonyl (C=O) groups is 6. The Morgan fingerprint density at radius 1 is 0.312 bits per heavy atom. The summed E-state index contributed by atoms with van der Waals surface area (Å²) in [5.74, 6) is -2.51. The molecule has 6 amide bonds. The summed E-state index contributed by atoms with van der Waals surface area (Å²) < 4.78 is 41.6. The summed E-state index contributed by atoms with van der Waals surface area (Å²) in [4.78, 5) is 98.7. The second-order valence-corrected chi connectivity index (χ2v) is 29.7. The number of fused-ring (bicyclic) bond motifs is 2. The SMILES string of the molecule is CCOCCNC(=O)C(CC(C)C)N1C(=O)c2cc(Oc3ccc(-c4ccccc4)cc3C)c3c4c(Oc5ccc(-c6ccccc6)cc5C)cc5c6c(cc(Oc7ccc(-c8ccccc8)cc7C)c(c7c(Oc8ccc(-c9ccccc9)cc8C)cc(c2c37)C1=O)c64)C(=O)N(C(CC(C)C)C(=O)NCCOCC)C5=O. The van der Waals surface area contributed by atoms with Gasteiger partial charge in [0.05, 0.1) is 35.5 Å². The topological polar surface area (TPSA) is 188 Å². The summed E-state index contributed by atoms with van der Waals surface area (Å²) in [7, 11) is 0. The molecule has 2 aliphatic heterocycles. The summed E-state index contributed by atoms with van der Waals surface area (Å²) in [5, 5.41) is 8.18. The van der Waals surface area contributed by atoms with E-state index in [1.54, 1.807) is 24.3 Å². The molecule has 13 aromatic carbocycles. The zero-order chi connectivity index (χ0) is 78.2. The first kappa shape index (κ1) is 74.9. The first-order valence-corrected chi connectivity index (χ1v) is 38.5. The molecule has 0 saturated heterocycles. The molecule has 13 aromatic rings. The van der Waals surface area contributed by atoms with Gasteiger partial charge in [0, 0.05) is 69.4 Å². The van der Waals surface area contributed by atoms with Crippen LogP contribution in [0.15, 0.2) is 218 Å². The van der Waals surface area contributed by atoms with E-state index in [1.165, 1.54) is 0 Å². The van der Waals surface area contributed by atoms with Gasteiger partial charge in [-0.2, -0.15) is 0 Å². The van der Waals surface area contributed by atoms with Gasteiger partial charge >= 0.3 is 0 Å². The molecule has 0 fully saturated rings. The van der Waals surface area contributed by atoms with Crippen molar-refractivity contribution >= 4 is 78.5 Å². The van der Waals surface area contributed by atoms with Gasteiger partial charge in [-0.05, 0) is 206 Å². The van der Waals surface area contributed by atoms with Crippen molar-refractivity contribution in [1.82, 2.24) is 20.4 Å². The molecule has 2 unspecified atom stereocenters. The van der Waals surface area contributed by atoms with E-state index in [-0.39, 0.29) is 107 Å². The van der Waals surface area contributed by atoms with Crippen molar-refractivity contribution in [3.05, 3.63) is 263 Å². The van der Waals surface area contributed by atoms with Crippen molar-refractivity contribution in [2.45, 2.75) is 94.2 Å². The van der Waals surface area contributed by atoms with E-state index in [0.29, 0.717) is 68.5 Å². The monoisotopic (exact) mass is 1490 g/mol. The predicted molar refractivity (Wildman–Crippen MR) is 441 cm³/mol. The van der Waals surface area contributed by atoms with Crippen LogP contribution in [-0.4, -0.2) is 96.8 Å². The van der Waals surface area contributed by atoms with E-state index in [4.69, 9.17) is 28.4 Å². The Bertz CT molecular complexity index is 5180. The van der Waals surface area contributed by atoms with Crippen LogP contribution in [0.3, 0.4) is 0 Å². The summed E-state index contributed by atoms with van der Waals surface area (Å²) in [6.45, 7) is 20.7. The average Bonchev–Trinajstić information content (AvgIpc) is 0.669. The Balaban J connectivity index is 1.11. The Morgan fingerprint density at radius 3 is 0.786 bits per heavy atom. The van der Waals surface area contributed by atoms with E-state index < -0.39 is 47.5 Å². The van der Waals surface area contributed by atoms with Crippen LogP contribution in [0.2, 0.25) is 0 Å². The van der Waals surface area contributed by atoms with Gasteiger partial charge in [0.1, 0.15) is 58.1 Å². The van der Waals surface area contributed by atoms with Gasteiger partial charge < -0.3 is 39.1 Å². The lowest BCUT2D eigenvalue weighted by molar-refractivity contribution is -0.126. The highest BCUT2D eigenvalue weighted by atomic mass is 16.5. The van der Waals surface area contributed by atoms with Crippen molar-refractivity contribution in [3.8, 4) is 90.5 Å². The van der Waals surface area contributed by atoms with Crippen LogP contribution in [0, 0.1) is 39.5 Å². The zero-order valence-corrected chi connectivity index (χ0v) is 64.5. The molecule has 0 radical (unpaired) electrons. The molecule has 16 nitrogen and oxygen atoms in total. The molecule has 564 valence electrons. The third-order valence-electron chi connectivity index (χ3n) is 21.1. The van der Waals surface area contributed by atoms with Gasteiger partial charge in [-0.25, -0.2) is 0 Å². The van der Waals surface area contributed by atoms with Gasteiger partial charge in [0.15, 0.2) is 0 Å². The Labute approximate surface area is 651 Å². The van der Waals surface area contributed by atoms with E-state index in [1.807, 2.05) is 263 Å². The fourth-order valence-corrected chi connectivity index (χ4v) is 15.8. The van der Waals surface area contributed by atoms with Crippen LogP contribution >= 0.6 is 0 Å². The molecule has 0 spiro atoms. The quantitative estimate of drug-likeness (QED) is 0.0205. The number of rotatable bonds is 28. The highest BCUT2D eigenvalue weighted by Crippen LogP contribution is 2.59. The first-order valence-electron chi connectivity index (χ1n) is 38.5. The molecule has 0 aliphatic carbocycles. The fourth-order valence-electron chi connectivity index (χ4n) is 15.8. The lowest BCUT2D eigenvalue weighted by Crippen LogP contribution is -2.54. The van der Waals surface area contributed by atoms with Crippen molar-refractivity contribution in [1.29, 1.82) is 0 Å². The molecule has 112 heavy (non-hydrogen) atoms. The summed E-state index contributed by atoms with van der Waals surface area (Å²) in [6.07, 6.45) is 0.202. The number of ether oxygens (including phenoxy) is 6. The van der Waals surface area contributed by atoms with Gasteiger partial charge in [-0.1, -0.05) is 173 Å². The van der Waals surface area contributed by atoms with Crippen molar-refractivity contribution in [2.75, 3.05) is 39.5 Å². The normalized spacial score (nSPS) is 13.3. The number of benzene rings is 13.